The van der Waals surface area contributed by atoms with E-state index in [1.54, 1.807) is 0 Å². The Bertz CT molecular complexity index is 580. The van der Waals surface area contributed by atoms with Crippen molar-refractivity contribution in [3.8, 4) is 11.3 Å². The van der Waals surface area contributed by atoms with E-state index in [2.05, 4.69) is 9.97 Å². The molecule has 0 atom stereocenters. The Morgan fingerprint density at radius 1 is 1.05 bits per heavy atom. The lowest BCUT2D eigenvalue weighted by atomic mass is 10.1. The van der Waals surface area contributed by atoms with Gasteiger partial charge in [-0.15, -0.1) is 0 Å². The Morgan fingerprint density at radius 2 is 1.68 bits per heavy atom. The minimum absolute atomic E-state index is 0.00438. The Morgan fingerprint density at radius 3 is 2.21 bits per heavy atom. The molecule has 2 aromatic rings. The van der Waals surface area contributed by atoms with Gasteiger partial charge in [-0.25, -0.2) is 20.2 Å². The SMILES string of the molecule is NNc1nc(-c2ccc(F)cc2)cc(C(F)(F)F)n1. The van der Waals surface area contributed by atoms with Crippen LogP contribution in [-0.4, -0.2) is 9.97 Å². The van der Waals surface area contributed by atoms with Crippen LogP contribution in [0.15, 0.2) is 30.3 Å². The van der Waals surface area contributed by atoms with Gasteiger partial charge in [-0.05, 0) is 30.3 Å². The number of benzene rings is 1. The van der Waals surface area contributed by atoms with Gasteiger partial charge in [0.1, 0.15) is 5.82 Å². The van der Waals surface area contributed by atoms with E-state index in [-0.39, 0.29) is 11.6 Å². The van der Waals surface area contributed by atoms with Gasteiger partial charge in [-0.1, -0.05) is 0 Å². The summed E-state index contributed by atoms with van der Waals surface area (Å²) < 4.78 is 50.7. The number of aromatic nitrogens is 2. The molecule has 2 rings (SSSR count). The number of hydrogen-bond acceptors (Lipinski definition) is 4. The zero-order chi connectivity index (χ0) is 14.0. The molecule has 1 aromatic carbocycles. The Labute approximate surface area is 105 Å². The highest BCUT2D eigenvalue weighted by Gasteiger charge is 2.33. The summed E-state index contributed by atoms with van der Waals surface area (Å²) in [5, 5.41) is 0. The van der Waals surface area contributed by atoms with E-state index >= 15 is 0 Å². The third kappa shape index (κ3) is 2.97. The fraction of sp³-hybridized carbons (Fsp3) is 0.0909. The average Bonchev–Trinajstić information content (AvgIpc) is 2.38. The molecule has 0 aliphatic carbocycles. The van der Waals surface area contributed by atoms with E-state index < -0.39 is 17.7 Å². The first-order valence-corrected chi connectivity index (χ1v) is 5.09. The van der Waals surface area contributed by atoms with Gasteiger partial charge in [0.05, 0.1) is 5.69 Å². The van der Waals surface area contributed by atoms with Crippen LogP contribution in [0.2, 0.25) is 0 Å². The second-order valence-corrected chi connectivity index (χ2v) is 3.61. The van der Waals surface area contributed by atoms with Crippen LogP contribution in [0, 0.1) is 5.82 Å². The van der Waals surface area contributed by atoms with Crippen molar-refractivity contribution >= 4 is 5.95 Å². The van der Waals surface area contributed by atoms with Crippen LogP contribution < -0.4 is 11.3 Å². The number of alkyl halides is 3. The van der Waals surface area contributed by atoms with E-state index in [4.69, 9.17) is 5.84 Å². The average molecular weight is 272 g/mol. The van der Waals surface area contributed by atoms with Crippen molar-refractivity contribution in [2.45, 2.75) is 6.18 Å². The highest BCUT2D eigenvalue weighted by atomic mass is 19.4. The number of rotatable bonds is 2. The number of nitrogens with zero attached hydrogens (tertiary/aromatic N) is 2. The number of nitrogen functional groups attached to an aromatic ring is 1. The van der Waals surface area contributed by atoms with Crippen LogP contribution in [0.25, 0.3) is 11.3 Å². The fourth-order valence-electron chi connectivity index (χ4n) is 1.43. The van der Waals surface area contributed by atoms with Crippen LogP contribution in [0.5, 0.6) is 0 Å². The predicted molar refractivity (Wildman–Crippen MR) is 60.2 cm³/mol. The van der Waals surface area contributed by atoms with Crippen LogP contribution in [-0.2, 0) is 6.18 Å². The molecule has 4 nitrogen and oxygen atoms in total. The molecule has 0 radical (unpaired) electrons. The minimum Gasteiger partial charge on any atom is -0.292 e. The van der Waals surface area contributed by atoms with E-state index in [1.165, 1.54) is 12.1 Å². The summed E-state index contributed by atoms with van der Waals surface area (Å²) in [6.07, 6.45) is -4.62. The molecule has 0 saturated carbocycles. The van der Waals surface area contributed by atoms with E-state index in [1.807, 2.05) is 5.43 Å². The van der Waals surface area contributed by atoms with Crippen molar-refractivity contribution in [3.05, 3.63) is 41.8 Å². The molecule has 0 bridgehead atoms. The second kappa shape index (κ2) is 4.81. The molecule has 19 heavy (non-hydrogen) atoms. The summed E-state index contributed by atoms with van der Waals surface area (Å²) in [6.45, 7) is 0. The van der Waals surface area contributed by atoms with Crippen molar-refractivity contribution in [2.75, 3.05) is 5.43 Å². The van der Waals surface area contributed by atoms with Gasteiger partial charge >= 0.3 is 6.18 Å². The normalized spacial score (nSPS) is 11.4. The summed E-state index contributed by atoms with van der Waals surface area (Å²) in [4.78, 5) is 7.02. The Hall–Kier alpha value is -2.22. The number of nitrogens with one attached hydrogen (secondary N) is 1. The molecule has 0 spiro atoms. The summed E-state index contributed by atoms with van der Waals surface area (Å²) >= 11 is 0. The number of hydrazine groups is 1. The smallest absolute Gasteiger partial charge is 0.292 e. The maximum atomic E-state index is 12.8. The molecule has 1 heterocycles. The predicted octanol–water partition coefficient (Wildman–Crippen LogP) is 2.59. The quantitative estimate of drug-likeness (QED) is 0.501. The summed E-state index contributed by atoms with van der Waals surface area (Å²) in [7, 11) is 0. The molecule has 0 saturated heterocycles. The molecule has 3 N–H and O–H groups in total. The second-order valence-electron chi connectivity index (χ2n) is 3.61. The highest BCUT2D eigenvalue weighted by Crippen LogP contribution is 2.30. The summed E-state index contributed by atoms with van der Waals surface area (Å²) in [5.41, 5.74) is 1.16. The lowest BCUT2D eigenvalue weighted by Gasteiger charge is -2.10. The Balaban J connectivity index is 2.54. The van der Waals surface area contributed by atoms with Gasteiger partial charge in [0.2, 0.25) is 5.95 Å². The third-order valence-electron chi connectivity index (χ3n) is 2.29. The largest absolute Gasteiger partial charge is 0.433 e. The molecule has 0 aliphatic rings. The zero-order valence-corrected chi connectivity index (χ0v) is 9.37. The van der Waals surface area contributed by atoms with Crippen LogP contribution in [0.4, 0.5) is 23.5 Å². The fourth-order valence-corrected chi connectivity index (χ4v) is 1.43. The van der Waals surface area contributed by atoms with Gasteiger partial charge in [-0.2, -0.15) is 13.2 Å². The van der Waals surface area contributed by atoms with Crippen molar-refractivity contribution in [3.63, 3.8) is 0 Å². The van der Waals surface area contributed by atoms with Gasteiger partial charge in [-0.3, -0.25) is 5.43 Å². The maximum absolute atomic E-state index is 12.8. The van der Waals surface area contributed by atoms with E-state index in [9.17, 15) is 17.6 Å². The monoisotopic (exact) mass is 272 g/mol. The third-order valence-corrected chi connectivity index (χ3v) is 2.29. The zero-order valence-electron chi connectivity index (χ0n) is 9.37. The molecule has 8 heteroatoms. The standard InChI is InChI=1S/C11H8F4N4/c12-7-3-1-6(2-4-7)8-5-9(11(13,14)15)18-10(17-8)19-16/h1-5H,16H2,(H,17,18,19). The van der Waals surface area contributed by atoms with Gasteiger partial charge in [0, 0.05) is 5.56 Å². The number of hydrogen-bond donors (Lipinski definition) is 2. The highest BCUT2D eigenvalue weighted by molar-refractivity contribution is 5.60. The van der Waals surface area contributed by atoms with Crippen molar-refractivity contribution in [1.82, 2.24) is 9.97 Å². The molecule has 1 aromatic heterocycles. The van der Waals surface area contributed by atoms with E-state index in [0.29, 0.717) is 5.56 Å². The lowest BCUT2D eigenvalue weighted by molar-refractivity contribution is -0.141. The van der Waals surface area contributed by atoms with Gasteiger partial charge < -0.3 is 0 Å². The molecule has 0 amide bonds. The molecule has 0 aliphatic heterocycles. The number of anilines is 1. The summed E-state index contributed by atoms with van der Waals surface area (Å²) in [5.74, 6) is 4.17. The summed E-state index contributed by atoms with van der Waals surface area (Å²) in [6, 6.07) is 5.66. The molecule has 0 fully saturated rings. The first-order valence-electron chi connectivity index (χ1n) is 5.09. The topological polar surface area (TPSA) is 63.8 Å². The lowest BCUT2D eigenvalue weighted by Crippen LogP contribution is -2.15. The van der Waals surface area contributed by atoms with Gasteiger partial charge in [0.15, 0.2) is 5.69 Å². The molecular weight excluding hydrogens is 264 g/mol. The van der Waals surface area contributed by atoms with Crippen LogP contribution >= 0.6 is 0 Å². The Kier molecular flexibility index (Phi) is 3.34. The molecular formula is C11H8F4N4. The van der Waals surface area contributed by atoms with Crippen molar-refractivity contribution < 1.29 is 17.6 Å². The molecule has 100 valence electrons. The molecule has 0 unspecified atom stereocenters. The first-order chi connectivity index (χ1) is 8.90. The van der Waals surface area contributed by atoms with Crippen molar-refractivity contribution in [1.29, 1.82) is 0 Å². The van der Waals surface area contributed by atoms with E-state index in [0.717, 1.165) is 18.2 Å². The number of halogens is 4. The van der Waals surface area contributed by atoms with Crippen molar-refractivity contribution in [2.24, 2.45) is 5.84 Å². The number of nitrogens with two attached hydrogens (primary N) is 1. The maximum Gasteiger partial charge on any atom is 0.433 e. The first kappa shape index (κ1) is 13.2. The van der Waals surface area contributed by atoms with Crippen LogP contribution in [0.1, 0.15) is 5.69 Å². The van der Waals surface area contributed by atoms with Gasteiger partial charge in [0.25, 0.3) is 0 Å². The minimum atomic E-state index is -4.62. The van der Waals surface area contributed by atoms with Crippen LogP contribution in [0.3, 0.4) is 0 Å².